The first kappa shape index (κ1) is 17.2. The first-order valence-corrected chi connectivity index (χ1v) is 8.44. The van der Waals surface area contributed by atoms with Gasteiger partial charge in [0.25, 0.3) is 5.91 Å². The average Bonchev–Trinajstić information content (AvgIpc) is 3.04. The van der Waals surface area contributed by atoms with Gasteiger partial charge in [0, 0.05) is 19.2 Å². The number of para-hydroxylation sites is 1. The predicted octanol–water partition coefficient (Wildman–Crippen LogP) is 3.26. The monoisotopic (exact) mass is 358 g/mol. The number of amides is 1. The number of likely N-dealkylation sites (N-methyl/N-ethyl adjacent to an activating group) is 1. The number of fused-ring (bicyclic) bond motifs is 1. The van der Waals surface area contributed by atoms with Crippen molar-refractivity contribution in [3.8, 4) is 5.75 Å². The summed E-state index contributed by atoms with van der Waals surface area (Å²) >= 11 is 6.05. The van der Waals surface area contributed by atoms with Gasteiger partial charge in [-0.05, 0) is 37.3 Å². The van der Waals surface area contributed by atoms with Crippen LogP contribution in [0.1, 0.15) is 17.3 Å². The molecule has 6 nitrogen and oxygen atoms in total. The highest BCUT2D eigenvalue weighted by Gasteiger charge is 2.14. The maximum Gasteiger partial charge on any atom is 0.253 e. The zero-order valence-corrected chi connectivity index (χ0v) is 14.9. The summed E-state index contributed by atoms with van der Waals surface area (Å²) < 4.78 is 7.43. The van der Waals surface area contributed by atoms with E-state index in [1.807, 2.05) is 25.1 Å². The van der Waals surface area contributed by atoms with E-state index >= 15 is 0 Å². The van der Waals surface area contributed by atoms with Crippen LogP contribution in [0.5, 0.6) is 5.75 Å². The lowest BCUT2D eigenvalue weighted by molar-refractivity contribution is 0.0774. The molecular formula is C18H19ClN4O2. The second kappa shape index (κ2) is 7.53. The van der Waals surface area contributed by atoms with E-state index < -0.39 is 0 Å². The van der Waals surface area contributed by atoms with Gasteiger partial charge >= 0.3 is 0 Å². The van der Waals surface area contributed by atoms with Crippen molar-refractivity contribution in [2.24, 2.45) is 0 Å². The van der Waals surface area contributed by atoms with Crippen LogP contribution in [0.15, 0.2) is 42.5 Å². The molecule has 0 saturated carbocycles. The molecule has 0 spiro atoms. The standard InChI is InChI=1S/C18H19ClN4O2/c1-3-23-16-9-8-13(12-15(16)20-21-23)18(24)22(2)10-11-25-17-7-5-4-6-14(17)19/h4-9,12H,3,10-11H2,1-2H3. The number of carbonyl (C=O) groups is 1. The van der Waals surface area contributed by atoms with Crippen molar-refractivity contribution in [1.82, 2.24) is 19.9 Å². The third-order valence-corrected chi connectivity index (χ3v) is 4.24. The predicted molar refractivity (Wildman–Crippen MR) is 97.1 cm³/mol. The lowest BCUT2D eigenvalue weighted by Gasteiger charge is -2.18. The van der Waals surface area contributed by atoms with Gasteiger partial charge in [0.2, 0.25) is 0 Å². The van der Waals surface area contributed by atoms with Crippen molar-refractivity contribution in [3.63, 3.8) is 0 Å². The van der Waals surface area contributed by atoms with E-state index in [1.165, 1.54) is 0 Å². The molecule has 0 aliphatic rings. The second-order valence-electron chi connectivity index (χ2n) is 5.61. The fourth-order valence-corrected chi connectivity index (χ4v) is 2.71. The molecule has 0 aliphatic heterocycles. The molecule has 130 valence electrons. The number of carbonyl (C=O) groups excluding carboxylic acids is 1. The number of halogens is 1. The Morgan fingerprint density at radius 2 is 2.08 bits per heavy atom. The van der Waals surface area contributed by atoms with Crippen LogP contribution in [0.25, 0.3) is 11.0 Å². The number of hydrogen-bond acceptors (Lipinski definition) is 4. The zero-order valence-electron chi connectivity index (χ0n) is 14.1. The van der Waals surface area contributed by atoms with Crippen LogP contribution in [0, 0.1) is 0 Å². The highest BCUT2D eigenvalue weighted by Crippen LogP contribution is 2.23. The zero-order chi connectivity index (χ0) is 17.8. The van der Waals surface area contributed by atoms with Crippen LogP contribution < -0.4 is 4.74 Å². The van der Waals surface area contributed by atoms with Gasteiger partial charge in [-0.1, -0.05) is 28.9 Å². The van der Waals surface area contributed by atoms with E-state index in [2.05, 4.69) is 10.3 Å². The Kier molecular flexibility index (Phi) is 5.19. The van der Waals surface area contributed by atoms with E-state index in [4.69, 9.17) is 16.3 Å². The first-order valence-electron chi connectivity index (χ1n) is 8.06. The van der Waals surface area contributed by atoms with Crippen LogP contribution in [0.2, 0.25) is 5.02 Å². The third-order valence-electron chi connectivity index (χ3n) is 3.93. The van der Waals surface area contributed by atoms with Gasteiger partial charge in [-0.3, -0.25) is 4.79 Å². The molecule has 1 amide bonds. The van der Waals surface area contributed by atoms with Gasteiger partial charge in [0.15, 0.2) is 0 Å². The van der Waals surface area contributed by atoms with Gasteiger partial charge in [-0.2, -0.15) is 0 Å². The van der Waals surface area contributed by atoms with Crippen molar-refractivity contribution in [3.05, 3.63) is 53.1 Å². The normalized spacial score (nSPS) is 10.8. The first-order chi connectivity index (χ1) is 12.1. The lowest BCUT2D eigenvalue weighted by atomic mass is 10.1. The topological polar surface area (TPSA) is 60.2 Å². The molecule has 0 unspecified atom stereocenters. The summed E-state index contributed by atoms with van der Waals surface area (Å²) in [5.41, 5.74) is 2.22. The minimum absolute atomic E-state index is 0.0873. The van der Waals surface area contributed by atoms with Crippen molar-refractivity contribution < 1.29 is 9.53 Å². The summed E-state index contributed by atoms with van der Waals surface area (Å²) in [7, 11) is 1.74. The van der Waals surface area contributed by atoms with E-state index in [0.29, 0.717) is 35.0 Å². The molecule has 1 aromatic heterocycles. The maximum atomic E-state index is 12.6. The van der Waals surface area contributed by atoms with E-state index in [9.17, 15) is 4.79 Å². The van der Waals surface area contributed by atoms with E-state index in [1.54, 1.807) is 40.9 Å². The Bertz CT molecular complexity index is 894. The van der Waals surface area contributed by atoms with Crippen molar-refractivity contribution in [2.45, 2.75) is 13.5 Å². The Labute approximate surface area is 150 Å². The fraction of sp³-hybridized carbons (Fsp3) is 0.278. The van der Waals surface area contributed by atoms with Crippen LogP contribution in [-0.2, 0) is 6.54 Å². The Hall–Kier alpha value is -2.60. The van der Waals surface area contributed by atoms with Crippen LogP contribution in [0.4, 0.5) is 0 Å². The summed E-state index contributed by atoms with van der Waals surface area (Å²) in [6.07, 6.45) is 0. The summed E-state index contributed by atoms with van der Waals surface area (Å²) in [5, 5.41) is 8.72. The Morgan fingerprint density at radius 1 is 1.28 bits per heavy atom. The van der Waals surface area contributed by atoms with Gasteiger partial charge in [0.1, 0.15) is 17.9 Å². The van der Waals surface area contributed by atoms with Gasteiger partial charge in [0.05, 0.1) is 17.1 Å². The van der Waals surface area contributed by atoms with E-state index in [-0.39, 0.29) is 5.91 Å². The molecule has 0 fully saturated rings. The number of rotatable bonds is 6. The minimum Gasteiger partial charge on any atom is -0.490 e. The molecule has 3 rings (SSSR count). The number of aromatic nitrogens is 3. The van der Waals surface area contributed by atoms with Crippen LogP contribution in [0.3, 0.4) is 0 Å². The smallest absolute Gasteiger partial charge is 0.253 e. The molecule has 0 N–H and O–H groups in total. The Balaban J connectivity index is 1.63. The molecule has 2 aromatic carbocycles. The van der Waals surface area contributed by atoms with Crippen molar-refractivity contribution >= 4 is 28.5 Å². The molecule has 0 aliphatic carbocycles. The third kappa shape index (κ3) is 3.74. The highest BCUT2D eigenvalue weighted by atomic mass is 35.5. The number of aryl methyl sites for hydroxylation is 1. The maximum absolute atomic E-state index is 12.6. The number of benzene rings is 2. The quantitative estimate of drug-likeness (QED) is 0.678. The fourth-order valence-electron chi connectivity index (χ4n) is 2.52. The Morgan fingerprint density at radius 3 is 2.84 bits per heavy atom. The molecule has 0 saturated heterocycles. The molecule has 3 aromatic rings. The SMILES string of the molecule is CCn1nnc2cc(C(=O)N(C)CCOc3ccccc3Cl)ccc21. The molecule has 7 heteroatoms. The highest BCUT2D eigenvalue weighted by molar-refractivity contribution is 6.32. The van der Waals surface area contributed by atoms with E-state index in [0.717, 1.165) is 12.1 Å². The molecule has 1 heterocycles. The molecular weight excluding hydrogens is 340 g/mol. The van der Waals surface area contributed by atoms with Crippen molar-refractivity contribution in [2.75, 3.05) is 20.2 Å². The summed E-state index contributed by atoms with van der Waals surface area (Å²) in [5.74, 6) is 0.526. The molecule has 0 radical (unpaired) electrons. The average molecular weight is 359 g/mol. The van der Waals surface area contributed by atoms with Crippen LogP contribution >= 0.6 is 11.6 Å². The van der Waals surface area contributed by atoms with Crippen molar-refractivity contribution in [1.29, 1.82) is 0 Å². The minimum atomic E-state index is -0.0873. The summed E-state index contributed by atoms with van der Waals surface area (Å²) in [6, 6.07) is 12.7. The number of ether oxygens (including phenoxy) is 1. The second-order valence-corrected chi connectivity index (χ2v) is 6.02. The largest absolute Gasteiger partial charge is 0.490 e. The molecule has 0 bridgehead atoms. The number of nitrogens with zero attached hydrogens (tertiary/aromatic N) is 4. The van der Waals surface area contributed by atoms with Gasteiger partial charge < -0.3 is 9.64 Å². The molecule has 0 atom stereocenters. The summed E-state index contributed by atoms with van der Waals surface area (Å²) in [4.78, 5) is 14.2. The van der Waals surface area contributed by atoms with Gasteiger partial charge in [-0.15, -0.1) is 5.10 Å². The van der Waals surface area contributed by atoms with Crippen LogP contribution in [-0.4, -0.2) is 46.0 Å². The van der Waals surface area contributed by atoms with Gasteiger partial charge in [-0.25, -0.2) is 4.68 Å². The number of hydrogen-bond donors (Lipinski definition) is 0. The molecule has 25 heavy (non-hydrogen) atoms. The lowest BCUT2D eigenvalue weighted by Crippen LogP contribution is -2.30. The summed E-state index contributed by atoms with van der Waals surface area (Å²) in [6.45, 7) is 3.55.